The third kappa shape index (κ3) is 4.48. The van der Waals surface area contributed by atoms with Gasteiger partial charge in [0.05, 0.1) is 39.8 Å². The smallest absolute Gasteiger partial charge is 0.416 e. The van der Waals surface area contributed by atoms with E-state index >= 15 is 0 Å². The number of halogens is 5. The Morgan fingerprint density at radius 3 is 2.52 bits per heavy atom. The van der Waals surface area contributed by atoms with Gasteiger partial charge in [0, 0.05) is 6.04 Å². The number of rotatable bonds is 4. The van der Waals surface area contributed by atoms with E-state index < -0.39 is 35.1 Å². The fourth-order valence-electron chi connectivity index (χ4n) is 3.16. The molecule has 0 fully saturated rings. The van der Waals surface area contributed by atoms with Crippen LogP contribution >= 0.6 is 11.6 Å². The monoisotopic (exact) mass is 457 g/mol. The van der Waals surface area contributed by atoms with Crippen LogP contribution in [0.1, 0.15) is 40.3 Å². The third-order valence-electron chi connectivity index (χ3n) is 4.59. The largest absolute Gasteiger partial charge is 0.465 e. The van der Waals surface area contributed by atoms with E-state index in [1.54, 1.807) is 0 Å². The first-order chi connectivity index (χ1) is 14.4. The Balaban J connectivity index is 2.11. The molecule has 11 heteroatoms. The molecule has 0 unspecified atom stereocenters. The van der Waals surface area contributed by atoms with E-state index in [0.29, 0.717) is 0 Å². The van der Waals surface area contributed by atoms with E-state index in [1.807, 2.05) is 0 Å². The van der Waals surface area contributed by atoms with Crippen molar-refractivity contribution in [2.24, 2.45) is 0 Å². The normalized spacial score (nSPS) is 12.6. The maximum absolute atomic E-state index is 14.5. The van der Waals surface area contributed by atoms with E-state index in [0.717, 1.165) is 31.4 Å². The fourth-order valence-corrected chi connectivity index (χ4v) is 3.43. The average Bonchev–Trinajstić information content (AvgIpc) is 2.68. The van der Waals surface area contributed by atoms with Gasteiger partial charge < -0.3 is 15.0 Å². The Hall–Kier alpha value is -3.14. The van der Waals surface area contributed by atoms with Crippen molar-refractivity contribution >= 4 is 34.2 Å². The van der Waals surface area contributed by atoms with Gasteiger partial charge >= 0.3 is 12.1 Å². The summed E-state index contributed by atoms with van der Waals surface area (Å²) in [4.78, 5) is 30.2. The number of H-pyrrole nitrogens is 1. The van der Waals surface area contributed by atoms with Gasteiger partial charge in [-0.1, -0.05) is 11.6 Å². The molecule has 0 spiro atoms. The van der Waals surface area contributed by atoms with E-state index in [-0.39, 0.29) is 38.6 Å². The lowest BCUT2D eigenvalue weighted by molar-refractivity contribution is -0.138. The number of hydrogen-bond acceptors (Lipinski definition) is 5. The molecule has 2 N–H and O–H groups in total. The number of carbonyl (C=O) groups is 1. The quantitative estimate of drug-likeness (QED) is 0.425. The molecule has 0 bridgehead atoms. The highest BCUT2D eigenvalue weighted by atomic mass is 35.5. The zero-order valence-corrected chi connectivity index (χ0v) is 17.2. The molecular weight excluding hydrogens is 442 g/mol. The molecule has 0 saturated heterocycles. The molecule has 1 heterocycles. The third-order valence-corrected chi connectivity index (χ3v) is 4.89. The van der Waals surface area contributed by atoms with Gasteiger partial charge in [-0.3, -0.25) is 4.79 Å². The van der Waals surface area contributed by atoms with Gasteiger partial charge in [0.1, 0.15) is 11.6 Å². The number of benzene rings is 2. The molecule has 3 aromatic rings. The number of nitrogens with zero attached hydrogens (tertiary/aromatic N) is 1. The molecule has 1 atom stereocenters. The molecule has 0 saturated carbocycles. The number of aryl methyl sites for hydroxylation is 1. The van der Waals surface area contributed by atoms with Crippen LogP contribution in [0.4, 0.5) is 23.2 Å². The molecular formula is C20H16ClF4N3O3. The van der Waals surface area contributed by atoms with Crippen LogP contribution in [0.25, 0.3) is 10.9 Å². The van der Waals surface area contributed by atoms with Crippen molar-refractivity contribution in [1.82, 2.24) is 9.97 Å². The van der Waals surface area contributed by atoms with Crippen molar-refractivity contribution in [3.63, 3.8) is 0 Å². The van der Waals surface area contributed by atoms with Gasteiger partial charge in [0.25, 0.3) is 5.56 Å². The molecule has 2 aromatic carbocycles. The van der Waals surface area contributed by atoms with Crippen molar-refractivity contribution in [2.45, 2.75) is 26.1 Å². The minimum absolute atomic E-state index is 0.0464. The van der Waals surface area contributed by atoms with Crippen LogP contribution in [0.2, 0.25) is 5.02 Å². The molecule has 1 aromatic heterocycles. The van der Waals surface area contributed by atoms with Gasteiger partial charge in [-0.05, 0) is 43.7 Å². The first kappa shape index (κ1) is 22.5. The Labute approximate surface area is 178 Å². The number of aromatic nitrogens is 2. The predicted octanol–water partition coefficient (Wildman–Crippen LogP) is 5.00. The second-order valence-corrected chi connectivity index (χ2v) is 7.19. The molecule has 0 aliphatic carbocycles. The SMILES string of the molecule is COC(=O)c1cc(F)c(N[C@@H](C)c2cc3c(=O)[nH]c(C)nc3cc2C(F)(F)F)c(Cl)c1. The molecule has 0 aliphatic rings. The lowest BCUT2D eigenvalue weighted by Crippen LogP contribution is -2.18. The van der Waals surface area contributed by atoms with E-state index in [4.69, 9.17) is 11.6 Å². The summed E-state index contributed by atoms with van der Waals surface area (Å²) in [6.07, 6.45) is -4.76. The van der Waals surface area contributed by atoms with Crippen LogP contribution in [-0.2, 0) is 10.9 Å². The van der Waals surface area contributed by atoms with Gasteiger partial charge in [-0.2, -0.15) is 13.2 Å². The van der Waals surface area contributed by atoms with Crippen molar-refractivity contribution in [3.05, 3.63) is 68.0 Å². The van der Waals surface area contributed by atoms with Crippen molar-refractivity contribution in [2.75, 3.05) is 12.4 Å². The Kier molecular flexibility index (Phi) is 5.95. The first-order valence-electron chi connectivity index (χ1n) is 8.88. The lowest BCUT2D eigenvalue weighted by Gasteiger charge is -2.22. The summed E-state index contributed by atoms with van der Waals surface area (Å²) in [5, 5.41) is 2.32. The summed E-state index contributed by atoms with van der Waals surface area (Å²) in [6, 6.07) is 2.72. The van der Waals surface area contributed by atoms with Gasteiger partial charge in [-0.15, -0.1) is 0 Å². The number of esters is 1. The van der Waals surface area contributed by atoms with Gasteiger partial charge in [-0.25, -0.2) is 14.2 Å². The molecule has 0 radical (unpaired) electrons. The standard InChI is InChI=1S/C20H16ClF4N3O3/c1-8(26-17-14(21)4-10(5-15(17)22)19(30)31-3)11-6-12-16(7-13(11)20(23,24)25)27-9(2)28-18(12)29/h4-8,26H,1-3H3,(H,27,28,29)/t8-/m0/s1. The minimum atomic E-state index is -4.76. The number of carbonyl (C=O) groups excluding carboxylic acids is 1. The second kappa shape index (κ2) is 8.18. The summed E-state index contributed by atoms with van der Waals surface area (Å²) in [5.41, 5.74) is -2.50. The number of ether oxygens (including phenoxy) is 1. The minimum Gasteiger partial charge on any atom is -0.465 e. The maximum atomic E-state index is 14.5. The number of aromatic amines is 1. The predicted molar refractivity (Wildman–Crippen MR) is 107 cm³/mol. The van der Waals surface area contributed by atoms with E-state index in [9.17, 15) is 27.2 Å². The topological polar surface area (TPSA) is 84.1 Å². The molecule has 3 rings (SSSR count). The average molecular weight is 458 g/mol. The first-order valence-corrected chi connectivity index (χ1v) is 9.25. The number of hydrogen-bond donors (Lipinski definition) is 2. The van der Waals surface area contributed by atoms with Crippen LogP contribution < -0.4 is 10.9 Å². The molecule has 31 heavy (non-hydrogen) atoms. The number of anilines is 1. The highest BCUT2D eigenvalue weighted by Crippen LogP contribution is 2.38. The summed E-state index contributed by atoms with van der Waals surface area (Å²) in [7, 11) is 1.11. The summed E-state index contributed by atoms with van der Waals surface area (Å²) >= 11 is 6.04. The molecule has 0 amide bonds. The second-order valence-electron chi connectivity index (χ2n) is 6.78. The number of methoxy groups -OCH3 is 1. The fraction of sp³-hybridized carbons (Fsp3) is 0.250. The van der Waals surface area contributed by atoms with Gasteiger partial charge in [0.15, 0.2) is 0 Å². The number of alkyl halides is 3. The van der Waals surface area contributed by atoms with E-state index in [2.05, 4.69) is 20.0 Å². The van der Waals surface area contributed by atoms with Crippen LogP contribution in [-0.4, -0.2) is 23.0 Å². The molecule has 6 nitrogen and oxygen atoms in total. The number of fused-ring (bicyclic) bond motifs is 1. The maximum Gasteiger partial charge on any atom is 0.416 e. The van der Waals surface area contributed by atoms with E-state index in [1.165, 1.54) is 13.8 Å². The van der Waals surface area contributed by atoms with Crippen molar-refractivity contribution in [3.8, 4) is 0 Å². The Morgan fingerprint density at radius 1 is 1.26 bits per heavy atom. The van der Waals surface area contributed by atoms with Crippen LogP contribution in [0, 0.1) is 12.7 Å². The zero-order valence-electron chi connectivity index (χ0n) is 16.4. The van der Waals surface area contributed by atoms with Crippen LogP contribution in [0.15, 0.2) is 29.1 Å². The summed E-state index contributed by atoms with van der Waals surface area (Å²) in [6.45, 7) is 2.81. The van der Waals surface area contributed by atoms with Crippen LogP contribution in [0.3, 0.4) is 0 Å². The van der Waals surface area contributed by atoms with Gasteiger partial charge in [0.2, 0.25) is 0 Å². The highest BCUT2D eigenvalue weighted by molar-refractivity contribution is 6.33. The number of nitrogens with one attached hydrogen (secondary N) is 2. The van der Waals surface area contributed by atoms with Crippen molar-refractivity contribution in [1.29, 1.82) is 0 Å². The van der Waals surface area contributed by atoms with Crippen LogP contribution in [0.5, 0.6) is 0 Å². The molecule has 164 valence electrons. The zero-order chi connectivity index (χ0) is 23.1. The van der Waals surface area contributed by atoms with Crippen molar-refractivity contribution < 1.29 is 27.1 Å². The molecule has 0 aliphatic heterocycles. The summed E-state index contributed by atoms with van der Waals surface area (Å²) < 4.78 is 60.2. The summed E-state index contributed by atoms with van der Waals surface area (Å²) in [5.74, 6) is -1.61. The highest BCUT2D eigenvalue weighted by Gasteiger charge is 2.35. The Bertz CT molecular complexity index is 1220. The lowest BCUT2D eigenvalue weighted by atomic mass is 9.98. The Morgan fingerprint density at radius 2 is 1.94 bits per heavy atom.